The van der Waals surface area contributed by atoms with Gasteiger partial charge in [0.25, 0.3) is 0 Å². The maximum absolute atomic E-state index is 8.79. The van der Waals surface area contributed by atoms with E-state index in [2.05, 4.69) is 0 Å². The summed E-state index contributed by atoms with van der Waals surface area (Å²) in [4.78, 5) is 1.84. The summed E-state index contributed by atoms with van der Waals surface area (Å²) in [5, 5.41) is 17.6. The maximum atomic E-state index is 8.79. The lowest BCUT2D eigenvalue weighted by molar-refractivity contribution is 0.273. The molecule has 0 aromatic heterocycles. The minimum Gasteiger partial charge on any atom is -0.272 e. The lowest BCUT2D eigenvalue weighted by Crippen LogP contribution is -2.32. The average Bonchev–Trinajstić information content (AvgIpc) is 2.30. The molecule has 0 spiro atoms. The van der Waals surface area contributed by atoms with Crippen LogP contribution in [0, 0.1) is 22.7 Å². The average molecular weight is 199 g/mol. The molecule has 0 heterocycles. The molecule has 0 aliphatic heterocycles. The Morgan fingerprint density at radius 3 is 2.27 bits per heavy atom. The molecule has 0 radical (unpaired) electrons. The van der Waals surface area contributed by atoms with E-state index in [0.717, 1.165) is 5.56 Å². The minimum absolute atomic E-state index is 0.642. The van der Waals surface area contributed by atoms with Crippen LogP contribution in [-0.2, 0) is 6.54 Å². The molecular formula is C12H13N3. The summed E-state index contributed by atoms with van der Waals surface area (Å²) in [5.41, 5.74) is 1.12. The lowest BCUT2D eigenvalue weighted by atomic mass is 10.2. The molecule has 1 rings (SSSR count). The highest BCUT2D eigenvalue weighted by atomic mass is 15.1. The lowest BCUT2D eigenvalue weighted by Gasteiger charge is -2.20. The molecule has 0 bridgehead atoms. The molecule has 0 amide bonds. The van der Waals surface area contributed by atoms with Crippen LogP contribution in [0.25, 0.3) is 0 Å². The van der Waals surface area contributed by atoms with Crippen molar-refractivity contribution in [1.29, 1.82) is 10.5 Å². The van der Waals surface area contributed by atoms with Gasteiger partial charge in [0.05, 0.1) is 12.1 Å². The van der Waals surface area contributed by atoms with Gasteiger partial charge in [0, 0.05) is 6.54 Å². The summed E-state index contributed by atoms with van der Waals surface area (Å²) in [5.74, 6) is 0. The number of hydrogen-bond acceptors (Lipinski definition) is 3. The van der Waals surface area contributed by atoms with Gasteiger partial charge in [-0.15, -0.1) is 0 Å². The van der Waals surface area contributed by atoms with Gasteiger partial charge < -0.3 is 0 Å². The van der Waals surface area contributed by atoms with Crippen LogP contribution in [-0.4, -0.2) is 17.5 Å². The molecule has 3 nitrogen and oxygen atoms in total. The number of hydrogen-bond donors (Lipinski definition) is 0. The molecule has 0 aliphatic rings. The second-order valence-corrected chi connectivity index (χ2v) is 3.21. The predicted molar refractivity (Wildman–Crippen MR) is 57.5 cm³/mol. The molecule has 0 atom stereocenters. The van der Waals surface area contributed by atoms with Crippen LogP contribution in [0.4, 0.5) is 0 Å². The Bertz CT molecular complexity index is 358. The van der Waals surface area contributed by atoms with E-state index >= 15 is 0 Å². The third-order valence-corrected chi connectivity index (χ3v) is 2.24. The third kappa shape index (κ3) is 3.09. The monoisotopic (exact) mass is 199 g/mol. The van der Waals surface area contributed by atoms with Gasteiger partial charge in [0.1, 0.15) is 0 Å². The van der Waals surface area contributed by atoms with Crippen molar-refractivity contribution < 1.29 is 0 Å². The van der Waals surface area contributed by atoms with Crippen LogP contribution in [0.2, 0.25) is 0 Å². The van der Waals surface area contributed by atoms with E-state index < -0.39 is 6.04 Å². The first-order chi connectivity index (χ1) is 7.31. The highest BCUT2D eigenvalue weighted by Crippen LogP contribution is 2.07. The van der Waals surface area contributed by atoms with E-state index in [-0.39, 0.29) is 0 Å². The van der Waals surface area contributed by atoms with Crippen LogP contribution in [0.5, 0.6) is 0 Å². The Hall–Kier alpha value is -1.84. The standard InChI is InChI=1S/C12H13N3/c1-2-15(12(8-13)9-14)10-11-6-4-3-5-7-11/h3-7,12H,2,10H2,1H3. The highest BCUT2D eigenvalue weighted by Gasteiger charge is 2.15. The van der Waals surface area contributed by atoms with Crippen molar-refractivity contribution in [2.45, 2.75) is 19.5 Å². The van der Waals surface area contributed by atoms with E-state index in [9.17, 15) is 0 Å². The normalized spacial score (nSPS) is 9.93. The molecule has 0 aliphatic carbocycles. The minimum atomic E-state index is -0.657. The smallest absolute Gasteiger partial charge is 0.186 e. The molecule has 0 saturated carbocycles. The first kappa shape index (κ1) is 11.2. The predicted octanol–water partition coefficient (Wildman–Crippen LogP) is 1.92. The quantitative estimate of drug-likeness (QED) is 0.744. The number of nitriles is 2. The van der Waals surface area contributed by atoms with Crippen molar-refractivity contribution in [3.05, 3.63) is 35.9 Å². The van der Waals surface area contributed by atoms with E-state index in [1.165, 1.54) is 0 Å². The van der Waals surface area contributed by atoms with E-state index in [1.807, 2.05) is 54.3 Å². The van der Waals surface area contributed by atoms with Crippen LogP contribution in [0.15, 0.2) is 30.3 Å². The topological polar surface area (TPSA) is 50.8 Å². The molecule has 1 aromatic rings. The van der Waals surface area contributed by atoms with E-state index in [4.69, 9.17) is 10.5 Å². The van der Waals surface area contributed by atoms with Crippen LogP contribution >= 0.6 is 0 Å². The SMILES string of the molecule is CCN(Cc1ccccc1)C(C#N)C#N. The Labute approximate surface area is 90.2 Å². The number of nitrogens with zero attached hydrogens (tertiary/aromatic N) is 3. The molecule has 1 aromatic carbocycles. The zero-order chi connectivity index (χ0) is 11.1. The van der Waals surface area contributed by atoms with Crippen molar-refractivity contribution in [3.63, 3.8) is 0 Å². The second kappa shape index (κ2) is 5.80. The van der Waals surface area contributed by atoms with Gasteiger partial charge in [-0.3, -0.25) is 4.90 Å². The first-order valence-corrected chi connectivity index (χ1v) is 4.89. The van der Waals surface area contributed by atoms with Crippen molar-refractivity contribution in [1.82, 2.24) is 4.90 Å². The summed E-state index contributed by atoms with van der Waals surface area (Å²) in [6.45, 7) is 3.29. The number of benzene rings is 1. The summed E-state index contributed by atoms with van der Waals surface area (Å²) in [6.07, 6.45) is 0. The molecule has 0 N–H and O–H groups in total. The fraction of sp³-hybridized carbons (Fsp3) is 0.333. The van der Waals surface area contributed by atoms with Crippen molar-refractivity contribution in [2.24, 2.45) is 0 Å². The van der Waals surface area contributed by atoms with Gasteiger partial charge in [-0.2, -0.15) is 10.5 Å². The van der Waals surface area contributed by atoms with E-state index in [1.54, 1.807) is 0 Å². The molecule has 0 saturated heterocycles. The summed E-state index contributed by atoms with van der Waals surface area (Å²) >= 11 is 0. The van der Waals surface area contributed by atoms with Crippen LogP contribution in [0.3, 0.4) is 0 Å². The van der Waals surface area contributed by atoms with Crippen LogP contribution < -0.4 is 0 Å². The maximum Gasteiger partial charge on any atom is 0.186 e. The molecule has 3 heteroatoms. The van der Waals surface area contributed by atoms with Crippen molar-refractivity contribution in [3.8, 4) is 12.1 Å². The van der Waals surface area contributed by atoms with Gasteiger partial charge in [0.15, 0.2) is 6.04 Å². The van der Waals surface area contributed by atoms with Gasteiger partial charge >= 0.3 is 0 Å². The number of rotatable bonds is 4. The van der Waals surface area contributed by atoms with Gasteiger partial charge in [0.2, 0.25) is 0 Å². The second-order valence-electron chi connectivity index (χ2n) is 3.21. The summed E-state index contributed by atoms with van der Waals surface area (Å²) < 4.78 is 0. The van der Waals surface area contributed by atoms with E-state index in [0.29, 0.717) is 13.1 Å². The zero-order valence-corrected chi connectivity index (χ0v) is 8.72. The van der Waals surface area contributed by atoms with Crippen molar-refractivity contribution >= 4 is 0 Å². The van der Waals surface area contributed by atoms with Crippen LogP contribution in [0.1, 0.15) is 12.5 Å². The Balaban J connectivity index is 2.71. The third-order valence-electron chi connectivity index (χ3n) is 2.24. The highest BCUT2D eigenvalue weighted by molar-refractivity contribution is 5.16. The summed E-state index contributed by atoms with van der Waals surface area (Å²) in [7, 11) is 0. The largest absolute Gasteiger partial charge is 0.272 e. The van der Waals surface area contributed by atoms with Gasteiger partial charge in [-0.25, -0.2) is 0 Å². The Morgan fingerprint density at radius 2 is 1.80 bits per heavy atom. The van der Waals surface area contributed by atoms with Crippen molar-refractivity contribution in [2.75, 3.05) is 6.54 Å². The molecule has 15 heavy (non-hydrogen) atoms. The molecule has 76 valence electrons. The fourth-order valence-electron chi connectivity index (χ4n) is 1.40. The fourth-order valence-corrected chi connectivity index (χ4v) is 1.40. The first-order valence-electron chi connectivity index (χ1n) is 4.89. The molecule has 0 fully saturated rings. The molecule has 0 unspecified atom stereocenters. The summed E-state index contributed by atoms with van der Waals surface area (Å²) in [6, 6.07) is 13.2. The Kier molecular flexibility index (Phi) is 4.34. The zero-order valence-electron chi connectivity index (χ0n) is 8.72. The Morgan fingerprint density at radius 1 is 1.20 bits per heavy atom. The van der Waals surface area contributed by atoms with Gasteiger partial charge in [-0.1, -0.05) is 37.3 Å². The van der Waals surface area contributed by atoms with Gasteiger partial charge in [-0.05, 0) is 12.1 Å². The molecular weight excluding hydrogens is 186 g/mol.